The van der Waals surface area contributed by atoms with Crippen molar-refractivity contribution >= 4 is 23.5 Å². The van der Waals surface area contributed by atoms with E-state index in [2.05, 4.69) is 0 Å². The van der Waals surface area contributed by atoms with Gasteiger partial charge in [-0.05, 0) is 57.2 Å². The molecule has 2 aromatic carbocycles. The van der Waals surface area contributed by atoms with Crippen molar-refractivity contribution in [1.29, 1.82) is 0 Å². The van der Waals surface area contributed by atoms with Crippen LogP contribution in [0.2, 0.25) is 0 Å². The number of benzene rings is 2. The number of halogens is 2. The summed E-state index contributed by atoms with van der Waals surface area (Å²) in [5.41, 5.74) is -0.672. The molecule has 0 aliphatic carbocycles. The summed E-state index contributed by atoms with van der Waals surface area (Å²) in [6.45, 7) is 9.18. The van der Waals surface area contributed by atoms with Gasteiger partial charge in [0, 0.05) is 5.39 Å². The fraction of sp³-hybridized carbons (Fsp3) is 0.368. The van der Waals surface area contributed by atoms with E-state index in [1.165, 1.54) is 6.07 Å². The average Bonchev–Trinajstić information content (AvgIpc) is 2.75. The molecule has 1 aliphatic heterocycles. The van der Waals surface area contributed by atoms with Crippen LogP contribution in [-0.2, 0) is 9.31 Å². The van der Waals surface area contributed by atoms with Crippen molar-refractivity contribution in [3.8, 4) is 0 Å². The maximum absolute atomic E-state index is 15.0. The summed E-state index contributed by atoms with van der Waals surface area (Å²) in [6, 6.07) is 10.0. The molecule has 0 N–H and O–H groups in total. The van der Waals surface area contributed by atoms with Crippen LogP contribution in [-0.4, -0.2) is 18.3 Å². The zero-order chi connectivity index (χ0) is 17.7. The van der Waals surface area contributed by atoms with E-state index < -0.39 is 24.0 Å². The van der Waals surface area contributed by atoms with E-state index in [1.807, 2.05) is 33.8 Å². The van der Waals surface area contributed by atoms with Crippen LogP contribution in [0.1, 0.15) is 40.2 Å². The van der Waals surface area contributed by atoms with Gasteiger partial charge in [0.2, 0.25) is 0 Å². The first-order valence-corrected chi connectivity index (χ1v) is 8.03. The van der Waals surface area contributed by atoms with E-state index >= 15 is 4.39 Å². The van der Waals surface area contributed by atoms with Gasteiger partial charge in [0.15, 0.2) is 0 Å². The van der Waals surface area contributed by atoms with Crippen molar-refractivity contribution in [2.75, 3.05) is 0 Å². The van der Waals surface area contributed by atoms with E-state index in [9.17, 15) is 4.39 Å². The van der Waals surface area contributed by atoms with Crippen LogP contribution >= 0.6 is 0 Å². The number of hydrogen-bond acceptors (Lipinski definition) is 2. The van der Waals surface area contributed by atoms with Crippen molar-refractivity contribution in [3.05, 3.63) is 53.5 Å². The molecule has 0 amide bonds. The molecule has 1 saturated heterocycles. The van der Waals surface area contributed by atoms with E-state index in [4.69, 9.17) is 9.31 Å². The Labute approximate surface area is 141 Å². The molecule has 0 aromatic heterocycles. The summed E-state index contributed by atoms with van der Waals surface area (Å²) in [5.74, 6) is -0.321. The predicted octanol–water partition coefficient (Wildman–Crippen LogP) is 5.31. The summed E-state index contributed by atoms with van der Waals surface area (Å²) in [7, 11) is -1.06. The molecule has 0 spiro atoms. The van der Waals surface area contributed by atoms with Crippen LogP contribution in [0.3, 0.4) is 0 Å². The van der Waals surface area contributed by atoms with E-state index in [1.54, 1.807) is 31.2 Å². The number of hydrogen-bond donors (Lipinski definition) is 0. The first-order chi connectivity index (χ1) is 11.1. The minimum absolute atomic E-state index is 0.321. The zero-order valence-corrected chi connectivity index (χ0v) is 14.6. The fourth-order valence-corrected chi connectivity index (χ4v) is 2.84. The highest BCUT2D eigenvalue weighted by molar-refractivity contribution is 6.55. The summed E-state index contributed by atoms with van der Waals surface area (Å²) in [4.78, 5) is 0. The summed E-state index contributed by atoms with van der Waals surface area (Å²) in [6.07, 6.45) is 0. The second-order valence-corrected chi connectivity index (χ2v) is 7.20. The van der Waals surface area contributed by atoms with Crippen LogP contribution in [0.25, 0.3) is 16.3 Å². The molecule has 1 fully saturated rings. The minimum Gasteiger partial charge on any atom is -0.398 e. The van der Waals surface area contributed by atoms with Gasteiger partial charge < -0.3 is 9.31 Å². The first-order valence-electron chi connectivity index (χ1n) is 8.03. The second-order valence-electron chi connectivity index (χ2n) is 7.20. The normalized spacial score (nSPS) is 20.4. The molecule has 2 nitrogen and oxygen atoms in total. The Morgan fingerprint density at radius 2 is 1.46 bits per heavy atom. The van der Waals surface area contributed by atoms with Crippen LogP contribution in [0.15, 0.2) is 42.1 Å². The molecule has 0 saturated carbocycles. The van der Waals surface area contributed by atoms with Gasteiger partial charge in [-0.3, -0.25) is 0 Å². The molecule has 24 heavy (non-hydrogen) atoms. The molecule has 2 aromatic rings. The standard InChI is InChI=1S/C19H21BF2O2/c1-12(17(22)20-23-18(2,3)19(4,5)24-20)13-10-11-16(21)15-9-7-6-8-14(13)15/h6-11H,1-5H3. The molecule has 1 aliphatic rings. The quantitative estimate of drug-likeness (QED) is 0.695. The molecule has 5 heteroatoms. The molecule has 0 atom stereocenters. The summed E-state index contributed by atoms with van der Waals surface area (Å²) in [5, 5.41) is 1.14. The molecule has 0 unspecified atom stereocenters. The zero-order valence-electron chi connectivity index (χ0n) is 14.6. The van der Waals surface area contributed by atoms with E-state index in [-0.39, 0.29) is 5.82 Å². The smallest absolute Gasteiger partial charge is 0.398 e. The molecule has 0 bridgehead atoms. The van der Waals surface area contributed by atoms with Crippen LogP contribution in [0, 0.1) is 5.82 Å². The number of rotatable bonds is 2. The number of fused-ring (bicyclic) bond motifs is 1. The molecule has 3 rings (SSSR count). The summed E-state index contributed by atoms with van der Waals surface area (Å²) >= 11 is 0. The lowest BCUT2D eigenvalue weighted by Crippen LogP contribution is -2.41. The maximum Gasteiger partial charge on any atom is 0.525 e. The van der Waals surface area contributed by atoms with E-state index in [0.717, 1.165) is 0 Å². The topological polar surface area (TPSA) is 18.5 Å². The highest BCUT2D eigenvalue weighted by Crippen LogP contribution is 2.40. The Morgan fingerprint density at radius 3 is 2.04 bits per heavy atom. The maximum atomic E-state index is 15.0. The molecular formula is C19H21BF2O2. The molecule has 1 heterocycles. The molecular weight excluding hydrogens is 309 g/mol. The van der Waals surface area contributed by atoms with Crippen LogP contribution in [0.5, 0.6) is 0 Å². The van der Waals surface area contributed by atoms with Gasteiger partial charge >= 0.3 is 7.12 Å². The van der Waals surface area contributed by atoms with Gasteiger partial charge in [-0.1, -0.05) is 30.3 Å². The van der Waals surface area contributed by atoms with Gasteiger partial charge in [-0.25, -0.2) is 8.78 Å². The number of allylic oxidation sites excluding steroid dienone is 1. The van der Waals surface area contributed by atoms with Gasteiger partial charge in [0.25, 0.3) is 0 Å². The second kappa shape index (κ2) is 5.68. The van der Waals surface area contributed by atoms with Crippen molar-refractivity contribution in [2.45, 2.75) is 45.8 Å². The Kier molecular flexibility index (Phi) is 4.05. The van der Waals surface area contributed by atoms with Crippen LogP contribution < -0.4 is 0 Å². The van der Waals surface area contributed by atoms with E-state index in [0.29, 0.717) is 21.9 Å². The Balaban J connectivity index is 2.07. The van der Waals surface area contributed by atoms with Crippen molar-refractivity contribution in [1.82, 2.24) is 0 Å². The lowest BCUT2D eigenvalue weighted by Gasteiger charge is -2.32. The Hall–Kier alpha value is -1.72. The Morgan fingerprint density at radius 1 is 0.917 bits per heavy atom. The van der Waals surface area contributed by atoms with Gasteiger partial charge in [-0.2, -0.15) is 0 Å². The van der Waals surface area contributed by atoms with Crippen molar-refractivity contribution in [3.63, 3.8) is 0 Å². The van der Waals surface area contributed by atoms with Crippen molar-refractivity contribution in [2.24, 2.45) is 0 Å². The lowest BCUT2D eigenvalue weighted by molar-refractivity contribution is 0.00578. The monoisotopic (exact) mass is 330 g/mol. The average molecular weight is 330 g/mol. The minimum atomic E-state index is -1.06. The third kappa shape index (κ3) is 2.66. The largest absolute Gasteiger partial charge is 0.525 e. The third-order valence-electron chi connectivity index (χ3n) is 5.09. The highest BCUT2D eigenvalue weighted by atomic mass is 19.1. The van der Waals surface area contributed by atoms with Crippen molar-refractivity contribution < 1.29 is 18.1 Å². The highest BCUT2D eigenvalue weighted by Gasteiger charge is 2.53. The lowest BCUT2D eigenvalue weighted by atomic mass is 9.82. The molecule has 0 radical (unpaired) electrons. The fourth-order valence-electron chi connectivity index (χ4n) is 2.84. The first kappa shape index (κ1) is 17.1. The molecule has 126 valence electrons. The SMILES string of the molecule is CC(=C(F)B1OC(C)(C)C(C)(C)O1)c1ccc(F)c2ccccc12. The Bertz CT molecular complexity index is 811. The predicted molar refractivity (Wildman–Crippen MR) is 93.7 cm³/mol. The van der Waals surface area contributed by atoms with Gasteiger partial charge in [-0.15, -0.1) is 0 Å². The third-order valence-corrected chi connectivity index (χ3v) is 5.09. The van der Waals surface area contributed by atoms with Crippen LogP contribution in [0.4, 0.5) is 8.78 Å². The van der Waals surface area contributed by atoms with Gasteiger partial charge in [0.1, 0.15) is 11.5 Å². The van der Waals surface area contributed by atoms with Gasteiger partial charge in [0.05, 0.1) is 11.2 Å². The summed E-state index contributed by atoms with van der Waals surface area (Å²) < 4.78 is 40.6.